The maximum absolute atomic E-state index is 14.2. The summed E-state index contributed by atoms with van der Waals surface area (Å²) in [7, 11) is 0. The van der Waals surface area contributed by atoms with Crippen molar-refractivity contribution in [3.05, 3.63) is 52.1 Å². The highest BCUT2D eigenvalue weighted by molar-refractivity contribution is 6.32. The Hall–Kier alpha value is -1.36. The van der Waals surface area contributed by atoms with Crippen LogP contribution >= 0.6 is 34.8 Å². The predicted molar refractivity (Wildman–Crippen MR) is 83.1 cm³/mol. The van der Waals surface area contributed by atoms with Crippen molar-refractivity contribution in [1.29, 1.82) is 0 Å². The van der Waals surface area contributed by atoms with E-state index in [-0.39, 0.29) is 10.7 Å². The summed E-state index contributed by atoms with van der Waals surface area (Å²) in [6.07, 6.45) is 1.47. The fraction of sp³-hybridized carbons (Fsp3) is 0.143. The van der Waals surface area contributed by atoms with E-state index >= 15 is 0 Å². The SMILES string of the molecule is CC(Cl)c1nc2cc(Cl)cnc2n1-c1c(F)cccc1Cl. The van der Waals surface area contributed by atoms with Gasteiger partial charge in [0.25, 0.3) is 0 Å². The van der Waals surface area contributed by atoms with Crippen LogP contribution in [0.15, 0.2) is 30.5 Å². The molecule has 0 aliphatic rings. The van der Waals surface area contributed by atoms with Gasteiger partial charge < -0.3 is 0 Å². The van der Waals surface area contributed by atoms with Gasteiger partial charge in [-0.15, -0.1) is 11.6 Å². The smallest absolute Gasteiger partial charge is 0.164 e. The highest BCUT2D eigenvalue weighted by Crippen LogP contribution is 2.32. The number of fused-ring (bicyclic) bond motifs is 1. The second kappa shape index (κ2) is 5.44. The minimum absolute atomic E-state index is 0.180. The molecule has 3 nitrogen and oxygen atoms in total. The average Bonchev–Trinajstić information content (AvgIpc) is 2.77. The van der Waals surface area contributed by atoms with Crippen LogP contribution in [0.4, 0.5) is 4.39 Å². The number of benzene rings is 1. The molecule has 0 aliphatic heterocycles. The molecule has 1 unspecified atom stereocenters. The molecule has 1 atom stereocenters. The molecule has 0 spiro atoms. The normalized spacial score (nSPS) is 12.8. The van der Waals surface area contributed by atoms with Crippen molar-refractivity contribution in [2.24, 2.45) is 0 Å². The molecule has 3 aromatic rings. The molecular weight excluding hydrogens is 336 g/mol. The Labute approximate surface area is 135 Å². The summed E-state index contributed by atoms with van der Waals surface area (Å²) in [6.45, 7) is 1.75. The molecule has 0 bridgehead atoms. The zero-order valence-corrected chi connectivity index (χ0v) is 13.1. The number of hydrogen-bond acceptors (Lipinski definition) is 2. The molecule has 1 aromatic carbocycles. The fourth-order valence-electron chi connectivity index (χ4n) is 2.15. The van der Waals surface area contributed by atoms with Crippen molar-refractivity contribution < 1.29 is 4.39 Å². The van der Waals surface area contributed by atoms with E-state index in [1.54, 1.807) is 19.1 Å². The van der Waals surface area contributed by atoms with E-state index in [1.165, 1.54) is 22.9 Å². The zero-order valence-electron chi connectivity index (χ0n) is 10.8. The first kappa shape index (κ1) is 14.6. The van der Waals surface area contributed by atoms with Crippen LogP contribution in [-0.4, -0.2) is 14.5 Å². The molecule has 3 rings (SSSR count). The van der Waals surface area contributed by atoms with Crippen molar-refractivity contribution in [2.75, 3.05) is 0 Å². The Morgan fingerprint density at radius 2 is 2.05 bits per heavy atom. The van der Waals surface area contributed by atoms with Crippen LogP contribution in [0.3, 0.4) is 0 Å². The topological polar surface area (TPSA) is 30.7 Å². The van der Waals surface area contributed by atoms with E-state index in [1.807, 2.05) is 0 Å². The number of nitrogens with zero attached hydrogens (tertiary/aromatic N) is 3. The van der Waals surface area contributed by atoms with E-state index in [0.29, 0.717) is 22.0 Å². The van der Waals surface area contributed by atoms with Crippen LogP contribution in [0.5, 0.6) is 0 Å². The van der Waals surface area contributed by atoms with E-state index in [9.17, 15) is 4.39 Å². The van der Waals surface area contributed by atoms with E-state index in [2.05, 4.69) is 9.97 Å². The Morgan fingerprint density at radius 1 is 1.29 bits per heavy atom. The lowest BCUT2D eigenvalue weighted by molar-refractivity contribution is 0.616. The van der Waals surface area contributed by atoms with Crippen molar-refractivity contribution in [3.63, 3.8) is 0 Å². The van der Waals surface area contributed by atoms with Crippen LogP contribution in [0.25, 0.3) is 16.9 Å². The van der Waals surface area contributed by atoms with E-state index in [0.717, 1.165) is 0 Å². The third-order valence-corrected chi connectivity index (χ3v) is 3.71. The number of alkyl halides is 1. The maximum atomic E-state index is 14.2. The number of para-hydroxylation sites is 1. The quantitative estimate of drug-likeness (QED) is 0.601. The lowest BCUT2D eigenvalue weighted by Gasteiger charge is -2.12. The Bertz CT molecular complexity index is 809. The first-order valence-electron chi connectivity index (χ1n) is 6.11. The standard InChI is InChI=1S/C14H9Cl3FN3/c1-7(15)13-20-11-5-8(16)6-19-14(11)21(13)12-9(17)3-2-4-10(12)18/h2-7H,1H3. The molecule has 2 heterocycles. The van der Waals surface area contributed by atoms with Crippen LogP contribution < -0.4 is 0 Å². The maximum Gasteiger partial charge on any atom is 0.164 e. The van der Waals surface area contributed by atoms with Crippen molar-refractivity contribution in [1.82, 2.24) is 14.5 Å². The van der Waals surface area contributed by atoms with Crippen LogP contribution in [-0.2, 0) is 0 Å². The van der Waals surface area contributed by atoms with Gasteiger partial charge in [0.2, 0.25) is 0 Å². The molecule has 21 heavy (non-hydrogen) atoms. The number of halogens is 4. The summed E-state index contributed by atoms with van der Waals surface area (Å²) >= 11 is 18.2. The molecule has 0 radical (unpaired) electrons. The van der Waals surface area contributed by atoms with E-state index in [4.69, 9.17) is 34.8 Å². The first-order valence-corrected chi connectivity index (χ1v) is 7.30. The van der Waals surface area contributed by atoms with Crippen LogP contribution in [0, 0.1) is 5.82 Å². The number of rotatable bonds is 2. The number of imidazole rings is 1. The monoisotopic (exact) mass is 343 g/mol. The molecule has 0 saturated carbocycles. The minimum atomic E-state index is -0.475. The molecular formula is C14H9Cl3FN3. The third kappa shape index (κ3) is 2.48. The number of aromatic nitrogens is 3. The molecule has 0 saturated heterocycles. The van der Waals surface area contributed by atoms with Gasteiger partial charge in [0.05, 0.1) is 15.4 Å². The summed E-state index contributed by atoms with van der Waals surface area (Å²) < 4.78 is 15.8. The van der Waals surface area contributed by atoms with Gasteiger partial charge in [-0.2, -0.15) is 0 Å². The summed E-state index contributed by atoms with van der Waals surface area (Å²) in [5.74, 6) is -0.0226. The van der Waals surface area contributed by atoms with Gasteiger partial charge in [-0.25, -0.2) is 14.4 Å². The predicted octanol–water partition coefficient (Wildman–Crippen LogP) is 5.17. The second-order valence-corrected chi connectivity index (χ2v) is 5.99. The van der Waals surface area contributed by atoms with Crippen LogP contribution in [0.2, 0.25) is 10.0 Å². The second-order valence-electron chi connectivity index (χ2n) is 4.49. The summed E-state index contributed by atoms with van der Waals surface area (Å²) in [6, 6.07) is 6.11. The van der Waals surface area contributed by atoms with Gasteiger partial charge in [-0.05, 0) is 25.1 Å². The molecule has 2 aromatic heterocycles. The van der Waals surface area contributed by atoms with E-state index < -0.39 is 11.2 Å². The highest BCUT2D eigenvalue weighted by atomic mass is 35.5. The Morgan fingerprint density at radius 3 is 2.71 bits per heavy atom. The zero-order chi connectivity index (χ0) is 15.1. The van der Waals surface area contributed by atoms with Gasteiger partial charge in [-0.3, -0.25) is 4.57 Å². The van der Waals surface area contributed by atoms with Gasteiger partial charge in [0.15, 0.2) is 5.65 Å². The molecule has 108 valence electrons. The average molecular weight is 345 g/mol. The van der Waals surface area contributed by atoms with Gasteiger partial charge in [-0.1, -0.05) is 29.3 Å². The van der Waals surface area contributed by atoms with Crippen molar-refractivity contribution >= 4 is 46.0 Å². The van der Waals surface area contributed by atoms with Gasteiger partial charge in [0, 0.05) is 6.20 Å². The lowest BCUT2D eigenvalue weighted by Crippen LogP contribution is -2.05. The molecule has 0 aliphatic carbocycles. The highest BCUT2D eigenvalue weighted by Gasteiger charge is 2.21. The molecule has 7 heteroatoms. The third-order valence-electron chi connectivity index (χ3n) is 3.01. The number of hydrogen-bond donors (Lipinski definition) is 0. The van der Waals surface area contributed by atoms with Gasteiger partial charge >= 0.3 is 0 Å². The minimum Gasteiger partial charge on any atom is -0.275 e. The lowest BCUT2D eigenvalue weighted by atomic mass is 10.3. The molecule has 0 fully saturated rings. The van der Waals surface area contributed by atoms with Crippen LogP contribution in [0.1, 0.15) is 18.1 Å². The Kier molecular flexibility index (Phi) is 3.78. The largest absolute Gasteiger partial charge is 0.275 e. The first-order chi connectivity index (χ1) is 9.99. The molecule has 0 amide bonds. The van der Waals surface area contributed by atoms with Crippen molar-refractivity contribution in [2.45, 2.75) is 12.3 Å². The number of pyridine rings is 1. The van der Waals surface area contributed by atoms with Crippen molar-refractivity contribution in [3.8, 4) is 5.69 Å². The summed E-state index contributed by atoms with van der Waals surface area (Å²) in [5, 5.41) is 0.249. The summed E-state index contributed by atoms with van der Waals surface area (Å²) in [4.78, 5) is 8.62. The molecule has 0 N–H and O–H groups in total. The van der Waals surface area contributed by atoms with Gasteiger partial charge in [0.1, 0.15) is 22.8 Å². The Balaban J connectivity index is 2.42. The fourth-order valence-corrected chi connectivity index (χ4v) is 2.69. The summed E-state index contributed by atoms with van der Waals surface area (Å²) in [5.41, 5.74) is 1.16.